The second kappa shape index (κ2) is 12.3. The zero-order valence-electron chi connectivity index (χ0n) is 21.7. The van der Waals surface area contributed by atoms with Crippen molar-refractivity contribution in [1.29, 1.82) is 0 Å². The molecule has 0 atom stereocenters. The van der Waals surface area contributed by atoms with Crippen LogP contribution < -0.4 is 4.74 Å². The van der Waals surface area contributed by atoms with Crippen LogP contribution in [0.5, 0.6) is 5.75 Å². The molecule has 11 heteroatoms. The summed E-state index contributed by atoms with van der Waals surface area (Å²) in [4.78, 5) is 0. The molecule has 0 spiro atoms. The second-order valence-electron chi connectivity index (χ2n) is 9.16. The van der Waals surface area contributed by atoms with Gasteiger partial charge < -0.3 is 4.74 Å². The molecule has 4 aromatic carbocycles. The summed E-state index contributed by atoms with van der Waals surface area (Å²) in [5, 5.41) is 0. The number of benzene rings is 4. The lowest BCUT2D eigenvalue weighted by molar-refractivity contribution is -0.189. The number of ether oxygens (including phenoxy) is 1. The Morgan fingerprint density at radius 3 is 1.77 bits per heavy atom. The summed E-state index contributed by atoms with van der Waals surface area (Å²) in [7, 11) is 0. The summed E-state index contributed by atoms with van der Waals surface area (Å²) >= 11 is 0. The van der Waals surface area contributed by atoms with Gasteiger partial charge in [0.1, 0.15) is 46.0 Å². The van der Waals surface area contributed by atoms with Crippen molar-refractivity contribution in [3.8, 4) is 28.7 Å². The van der Waals surface area contributed by atoms with Crippen molar-refractivity contribution < 1.29 is 48.6 Å². The van der Waals surface area contributed by atoms with Gasteiger partial charge in [-0.2, -0.15) is 22.0 Å². The third-order valence-corrected chi connectivity index (χ3v) is 6.11. The molecule has 0 aliphatic rings. The quantitative estimate of drug-likeness (QED) is 0.115. The summed E-state index contributed by atoms with van der Waals surface area (Å²) in [5.74, 6) is -5.05. The molecule has 0 saturated carbocycles. The maximum Gasteiger partial charge on any atom is 0.432 e. The van der Waals surface area contributed by atoms with E-state index in [9.17, 15) is 43.9 Å². The second-order valence-corrected chi connectivity index (χ2v) is 9.16. The molecule has 1 nitrogen and oxygen atoms in total. The number of hydrogen-bond donors (Lipinski definition) is 0. The Labute approximate surface area is 239 Å². The van der Waals surface area contributed by atoms with E-state index in [0.717, 1.165) is 24.1 Å². The summed E-state index contributed by atoms with van der Waals surface area (Å²) in [6.45, 7) is 3.63. The van der Waals surface area contributed by atoms with Gasteiger partial charge in [-0.05, 0) is 65.9 Å². The van der Waals surface area contributed by atoms with Crippen molar-refractivity contribution in [2.75, 3.05) is 0 Å². The Balaban J connectivity index is 1.54. The summed E-state index contributed by atoms with van der Waals surface area (Å²) < 4.78 is 144. The predicted octanol–water partition coefficient (Wildman–Crippen LogP) is 9.71. The van der Waals surface area contributed by atoms with Crippen LogP contribution in [-0.2, 0) is 18.7 Å². The van der Waals surface area contributed by atoms with Crippen molar-refractivity contribution in [2.24, 2.45) is 0 Å². The van der Waals surface area contributed by atoms with Crippen molar-refractivity contribution in [3.05, 3.63) is 136 Å². The van der Waals surface area contributed by atoms with E-state index in [4.69, 9.17) is 0 Å². The van der Waals surface area contributed by atoms with Crippen LogP contribution >= 0.6 is 0 Å². The van der Waals surface area contributed by atoms with Crippen molar-refractivity contribution in [3.63, 3.8) is 0 Å². The van der Waals surface area contributed by atoms with Gasteiger partial charge in [0.15, 0.2) is 0 Å². The number of rotatable bonds is 7. The van der Waals surface area contributed by atoms with Gasteiger partial charge >= 0.3 is 12.3 Å². The molecule has 0 aliphatic heterocycles. The van der Waals surface area contributed by atoms with E-state index in [1.165, 1.54) is 0 Å². The molecule has 0 fully saturated rings. The molecule has 222 valence electrons. The third-order valence-electron chi connectivity index (χ3n) is 6.11. The minimum Gasteiger partial charge on any atom is -0.429 e. The first kappa shape index (κ1) is 31.2. The number of allylic oxidation sites excluding steroid dienone is 1. The molecule has 0 heterocycles. The Morgan fingerprint density at radius 1 is 0.651 bits per heavy atom. The normalized spacial score (nSPS) is 11.6. The maximum atomic E-state index is 14.9. The van der Waals surface area contributed by atoms with Crippen LogP contribution in [0.15, 0.2) is 79.4 Å². The molecule has 0 bridgehead atoms. The Hall–Kier alpha value is -4.72. The van der Waals surface area contributed by atoms with E-state index in [0.29, 0.717) is 42.3 Å². The standard InChI is InChI=1S/C32H18F10O/c1-2-3-4-18-5-8-20(9-6-18)22-15-27(36)30(28(37)16-22)32(41,42)43-23-12-11-21(24(33)17-23)10-7-19-13-25(34)29(26(35)14-19)31(38,39)40/h2,5-6,8-9,11-17H,1,3-4H2. The lowest BCUT2D eigenvalue weighted by Crippen LogP contribution is -2.25. The largest absolute Gasteiger partial charge is 0.432 e. The van der Waals surface area contributed by atoms with Gasteiger partial charge in [-0.15, -0.1) is 6.58 Å². The Kier molecular flexibility index (Phi) is 8.90. The van der Waals surface area contributed by atoms with Crippen LogP contribution in [0.25, 0.3) is 11.1 Å². The van der Waals surface area contributed by atoms with E-state index >= 15 is 0 Å². The molecular formula is C32H18F10O. The Bertz CT molecular complexity index is 1680. The van der Waals surface area contributed by atoms with Gasteiger partial charge in [0.05, 0.1) is 5.56 Å². The van der Waals surface area contributed by atoms with Gasteiger partial charge in [0.25, 0.3) is 0 Å². The molecule has 4 aromatic rings. The minimum atomic E-state index is -5.30. The topological polar surface area (TPSA) is 9.23 Å². The van der Waals surface area contributed by atoms with Gasteiger partial charge in [0.2, 0.25) is 0 Å². The average molecular weight is 608 g/mol. The monoisotopic (exact) mass is 608 g/mol. The highest BCUT2D eigenvalue weighted by molar-refractivity contribution is 5.64. The molecule has 0 amide bonds. The first-order valence-electron chi connectivity index (χ1n) is 12.3. The van der Waals surface area contributed by atoms with Crippen LogP contribution in [0.4, 0.5) is 43.9 Å². The van der Waals surface area contributed by atoms with Crippen LogP contribution in [-0.4, -0.2) is 0 Å². The fraction of sp³-hybridized carbons (Fsp3) is 0.125. The fourth-order valence-corrected chi connectivity index (χ4v) is 4.07. The predicted molar refractivity (Wildman–Crippen MR) is 139 cm³/mol. The molecule has 0 radical (unpaired) electrons. The molecule has 4 rings (SSSR count). The van der Waals surface area contributed by atoms with Gasteiger partial charge in [0, 0.05) is 11.6 Å². The summed E-state index contributed by atoms with van der Waals surface area (Å²) in [6.07, 6.45) is -6.73. The minimum absolute atomic E-state index is 0.00778. The zero-order chi connectivity index (χ0) is 31.5. The number of hydrogen-bond acceptors (Lipinski definition) is 1. The van der Waals surface area contributed by atoms with E-state index in [-0.39, 0.29) is 5.56 Å². The van der Waals surface area contributed by atoms with Crippen LogP contribution in [0.2, 0.25) is 0 Å². The fourth-order valence-electron chi connectivity index (χ4n) is 4.07. The van der Waals surface area contributed by atoms with Gasteiger partial charge in [-0.1, -0.05) is 42.2 Å². The first-order chi connectivity index (χ1) is 20.2. The van der Waals surface area contributed by atoms with Gasteiger partial charge in [-0.3, -0.25) is 0 Å². The highest BCUT2D eigenvalue weighted by atomic mass is 19.4. The lowest BCUT2D eigenvalue weighted by atomic mass is 10.00. The van der Waals surface area contributed by atoms with E-state index in [1.807, 2.05) is 0 Å². The zero-order valence-corrected chi connectivity index (χ0v) is 21.7. The lowest BCUT2D eigenvalue weighted by Gasteiger charge is -2.20. The summed E-state index contributed by atoms with van der Waals surface area (Å²) in [5.41, 5.74) is -3.60. The van der Waals surface area contributed by atoms with E-state index in [1.54, 1.807) is 30.3 Å². The van der Waals surface area contributed by atoms with E-state index in [2.05, 4.69) is 23.2 Å². The van der Waals surface area contributed by atoms with Crippen LogP contribution in [0.3, 0.4) is 0 Å². The number of alkyl halides is 5. The average Bonchev–Trinajstić information content (AvgIpc) is 2.89. The molecule has 0 aromatic heterocycles. The van der Waals surface area contributed by atoms with Crippen LogP contribution in [0, 0.1) is 40.9 Å². The summed E-state index contributed by atoms with van der Waals surface area (Å²) in [6, 6.07) is 10.6. The Morgan fingerprint density at radius 2 is 1.23 bits per heavy atom. The molecular weight excluding hydrogens is 590 g/mol. The van der Waals surface area contributed by atoms with E-state index < -0.39 is 69.4 Å². The third kappa shape index (κ3) is 7.20. The molecule has 0 aliphatic carbocycles. The van der Waals surface area contributed by atoms with Crippen molar-refractivity contribution in [2.45, 2.75) is 25.1 Å². The van der Waals surface area contributed by atoms with Crippen molar-refractivity contribution >= 4 is 0 Å². The molecule has 0 N–H and O–H groups in total. The maximum absolute atomic E-state index is 14.9. The van der Waals surface area contributed by atoms with Crippen molar-refractivity contribution in [1.82, 2.24) is 0 Å². The van der Waals surface area contributed by atoms with Crippen LogP contribution in [0.1, 0.15) is 34.2 Å². The SMILES string of the molecule is C=CCCc1ccc(-c2cc(F)c(C(F)(F)Oc3ccc(C#Cc4cc(F)c(C(F)(F)F)c(F)c4)c(F)c3)c(F)c2)cc1. The smallest absolute Gasteiger partial charge is 0.429 e. The number of aryl methyl sites for hydroxylation is 1. The highest BCUT2D eigenvalue weighted by Crippen LogP contribution is 2.38. The van der Waals surface area contributed by atoms with Gasteiger partial charge in [-0.25, -0.2) is 22.0 Å². The first-order valence-corrected chi connectivity index (χ1v) is 12.3. The molecule has 0 unspecified atom stereocenters. The number of halogens is 10. The molecule has 0 saturated heterocycles. The highest BCUT2D eigenvalue weighted by Gasteiger charge is 2.41. The molecule has 43 heavy (non-hydrogen) atoms.